The highest BCUT2D eigenvalue weighted by molar-refractivity contribution is 7.15. The Morgan fingerprint density at radius 2 is 2.10 bits per heavy atom. The van der Waals surface area contributed by atoms with Crippen molar-refractivity contribution in [3.05, 3.63) is 10.6 Å². The molecule has 4 heteroatoms. The van der Waals surface area contributed by atoms with E-state index in [0.29, 0.717) is 6.04 Å². The molecule has 1 aromatic rings. The third kappa shape index (κ3) is 4.19. The Balaban J connectivity index is 2.06. The van der Waals surface area contributed by atoms with E-state index in [1.54, 1.807) is 0 Å². The minimum Gasteiger partial charge on any atom is -0.348 e. The zero-order valence-electron chi connectivity index (χ0n) is 13.4. The van der Waals surface area contributed by atoms with Crippen molar-refractivity contribution < 1.29 is 0 Å². The number of aryl methyl sites for hydroxylation is 1. The Morgan fingerprint density at radius 3 is 2.70 bits per heavy atom. The number of aromatic nitrogens is 1. The average molecular weight is 295 g/mol. The highest BCUT2D eigenvalue weighted by atomic mass is 32.1. The van der Waals surface area contributed by atoms with E-state index in [1.165, 1.54) is 47.9 Å². The second-order valence-corrected chi connectivity index (χ2v) is 7.02. The van der Waals surface area contributed by atoms with Crippen LogP contribution in [0.4, 0.5) is 5.13 Å². The molecule has 2 rings (SSSR count). The molecule has 0 aromatic carbocycles. The van der Waals surface area contributed by atoms with Crippen LogP contribution in [0.2, 0.25) is 0 Å². The first-order valence-electron chi connectivity index (χ1n) is 8.11. The number of anilines is 1. The van der Waals surface area contributed by atoms with Crippen LogP contribution in [-0.2, 0) is 0 Å². The van der Waals surface area contributed by atoms with Crippen LogP contribution in [0.1, 0.15) is 63.1 Å². The maximum atomic E-state index is 4.84. The van der Waals surface area contributed by atoms with Gasteiger partial charge in [-0.25, -0.2) is 4.98 Å². The number of thiazole rings is 1. The summed E-state index contributed by atoms with van der Waals surface area (Å²) < 4.78 is 0. The molecule has 0 aliphatic heterocycles. The van der Waals surface area contributed by atoms with Crippen molar-refractivity contribution in [1.82, 2.24) is 10.3 Å². The van der Waals surface area contributed by atoms with E-state index in [9.17, 15) is 0 Å². The number of rotatable bonds is 9. The molecule has 0 spiro atoms. The van der Waals surface area contributed by atoms with Gasteiger partial charge in [0.1, 0.15) is 0 Å². The van der Waals surface area contributed by atoms with Crippen molar-refractivity contribution in [2.75, 3.05) is 24.5 Å². The van der Waals surface area contributed by atoms with Gasteiger partial charge < -0.3 is 10.2 Å². The Kier molecular flexibility index (Phi) is 5.85. The number of hydrogen-bond acceptors (Lipinski definition) is 4. The second-order valence-electron chi connectivity index (χ2n) is 6.01. The van der Waals surface area contributed by atoms with Gasteiger partial charge in [-0.1, -0.05) is 13.8 Å². The number of nitrogens with zero attached hydrogens (tertiary/aromatic N) is 2. The van der Waals surface area contributed by atoms with E-state index in [4.69, 9.17) is 4.98 Å². The summed E-state index contributed by atoms with van der Waals surface area (Å²) >= 11 is 1.89. The van der Waals surface area contributed by atoms with E-state index in [1.807, 2.05) is 11.3 Å². The molecule has 0 radical (unpaired) electrons. The van der Waals surface area contributed by atoms with Crippen LogP contribution in [0.25, 0.3) is 0 Å². The molecule has 1 saturated carbocycles. The Bertz CT molecular complexity index is 412. The summed E-state index contributed by atoms with van der Waals surface area (Å²) in [4.78, 5) is 8.76. The first-order valence-corrected chi connectivity index (χ1v) is 8.93. The molecular weight excluding hydrogens is 266 g/mol. The summed E-state index contributed by atoms with van der Waals surface area (Å²) in [5, 5.41) is 4.81. The lowest BCUT2D eigenvalue weighted by molar-refractivity contribution is 0.575. The van der Waals surface area contributed by atoms with Crippen LogP contribution >= 0.6 is 11.3 Å². The zero-order valence-corrected chi connectivity index (χ0v) is 14.2. The van der Waals surface area contributed by atoms with Crippen LogP contribution in [0.5, 0.6) is 0 Å². The van der Waals surface area contributed by atoms with Crippen LogP contribution in [0.15, 0.2) is 0 Å². The van der Waals surface area contributed by atoms with Gasteiger partial charge in [0, 0.05) is 24.0 Å². The normalized spacial score (nSPS) is 16.4. The molecule has 1 aliphatic carbocycles. The van der Waals surface area contributed by atoms with Crippen LogP contribution in [0, 0.1) is 12.8 Å². The smallest absolute Gasteiger partial charge is 0.185 e. The number of hydrogen-bond donors (Lipinski definition) is 1. The van der Waals surface area contributed by atoms with Crippen molar-refractivity contribution >= 4 is 16.5 Å². The molecule has 1 aliphatic rings. The topological polar surface area (TPSA) is 28.2 Å². The molecule has 1 unspecified atom stereocenters. The molecule has 1 atom stereocenters. The zero-order chi connectivity index (χ0) is 14.5. The van der Waals surface area contributed by atoms with Crippen molar-refractivity contribution in [3.8, 4) is 0 Å². The Labute approximate surface area is 127 Å². The van der Waals surface area contributed by atoms with Crippen molar-refractivity contribution in [2.45, 2.75) is 59.4 Å². The van der Waals surface area contributed by atoms with Crippen molar-refractivity contribution in [2.24, 2.45) is 5.92 Å². The lowest BCUT2D eigenvalue weighted by Crippen LogP contribution is -2.26. The van der Waals surface area contributed by atoms with E-state index < -0.39 is 0 Å². The molecule has 1 N–H and O–H groups in total. The molecule has 1 aromatic heterocycles. The van der Waals surface area contributed by atoms with Gasteiger partial charge in [-0.05, 0) is 52.0 Å². The van der Waals surface area contributed by atoms with Crippen LogP contribution < -0.4 is 10.2 Å². The maximum Gasteiger partial charge on any atom is 0.185 e. The van der Waals surface area contributed by atoms with E-state index >= 15 is 0 Å². The second kappa shape index (κ2) is 7.41. The molecule has 1 heterocycles. The standard InChI is InChI=1S/C16H29N3S/c1-5-9-17-12(3)15-13(4)18-16(20-15)19(10-6-2)11-14-7-8-14/h12,14,17H,5-11H2,1-4H3. The monoisotopic (exact) mass is 295 g/mol. The summed E-state index contributed by atoms with van der Waals surface area (Å²) in [7, 11) is 0. The fourth-order valence-electron chi connectivity index (χ4n) is 2.53. The Morgan fingerprint density at radius 1 is 1.35 bits per heavy atom. The van der Waals surface area contributed by atoms with Gasteiger partial charge in [0.05, 0.1) is 5.69 Å². The fourth-order valence-corrected chi connectivity index (χ4v) is 3.66. The summed E-state index contributed by atoms with van der Waals surface area (Å²) in [6, 6.07) is 0.422. The summed E-state index contributed by atoms with van der Waals surface area (Å²) in [5.41, 5.74) is 1.21. The van der Waals surface area contributed by atoms with Gasteiger partial charge in [0.2, 0.25) is 0 Å². The summed E-state index contributed by atoms with van der Waals surface area (Å²) in [5.74, 6) is 0.921. The molecule has 0 saturated heterocycles. The first-order chi connectivity index (χ1) is 9.65. The van der Waals surface area contributed by atoms with E-state index in [0.717, 1.165) is 19.0 Å². The summed E-state index contributed by atoms with van der Waals surface area (Å²) in [6.07, 6.45) is 5.20. The molecule has 0 amide bonds. The minimum absolute atomic E-state index is 0.422. The minimum atomic E-state index is 0.422. The van der Waals surface area contributed by atoms with Gasteiger partial charge in [-0.15, -0.1) is 11.3 Å². The van der Waals surface area contributed by atoms with Gasteiger partial charge in [0.25, 0.3) is 0 Å². The molecule has 0 bridgehead atoms. The molecule has 3 nitrogen and oxygen atoms in total. The fraction of sp³-hybridized carbons (Fsp3) is 0.812. The van der Waals surface area contributed by atoms with Gasteiger partial charge in [-0.3, -0.25) is 0 Å². The van der Waals surface area contributed by atoms with Crippen molar-refractivity contribution in [1.29, 1.82) is 0 Å². The van der Waals surface area contributed by atoms with Crippen LogP contribution in [0.3, 0.4) is 0 Å². The third-order valence-electron chi connectivity index (χ3n) is 3.85. The SMILES string of the molecule is CCCNC(C)c1sc(N(CCC)CC2CC2)nc1C. The molecular formula is C16H29N3S. The largest absolute Gasteiger partial charge is 0.348 e. The average Bonchev–Trinajstić information content (AvgIpc) is 3.16. The van der Waals surface area contributed by atoms with Gasteiger partial charge in [0.15, 0.2) is 5.13 Å². The first kappa shape index (κ1) is 15.8. The lowest BCUT2D eigenvalue weighted by Gasteiger charge is -2.20. The van der Waals surface area contributed by atoms with Gasteiger partial charge >= 0.3 is 0 Å². The highest BCUT2D eigenvalue weighted by Crippen LogP contribution is 2.35. The van der Waals surface area contributed by atoms with Crippen molar-refractivity contribution in [3.63, 3.8) is 0 Å². The molecule has 1 fully saturated rings. The highest BCUT2D eigenvalue weighted by Gasteiger charge is 2.26. The predicted octanol–water partition coefficient (Wildman–Crippen LogP) is 4.14. The Hall–Kier alpha value is -0.610. The predicted molar refractivity (Wildman–Crippen MR) is 88.8 cm³/mol. The number of nitrogens with one attached hydrogen (secondary N) is 1. The van der Waals surface area contributed by atoms with Gasteiger partial charge in [-0.2, -0.15) is 0 Å². The van der Waals surface area contributed by atoms with E-state index in [-0.39, 0.29) is 0 Å². The summed E-state index contributed by atoms with van der Waals surface area (Å²) in [6.45, 7) is 12.3. The molecule has 114 valence electrons. The maximum absolute atomic E-state index is 4.84. The third-order valence-corrected chi connectivity index (χ3v) is 5.26. The van der Waals surface area contributed by atoms with E-state index in [2.05, 4.69) is 37.9 Å². The van der Waals surface area contributed by atoms with Crippen LogP contribution in [-0.4, -0.2) is 24.6 Å². The lowest BCUT2D eigenvalue weighted by atomic mass is 10.2. The molecule has 20 heavy (non-hydrogen) atoms. The quantitative estimate of drug-likeness (QED) is 0.742.